The minimum Gasteiger partial charge on any atom is -0.396 e. The second-order valence-corrected chi connectivity index (χ2v) is 10.2. The Kier molecular flexibility index (Phi) is 7.84. The maximum absolute atomic E-state index is 9.68. The molecule has 1 saturated heterocycles. The molecular formula is C32H38N2O. The van der Waals surface area contributed by atoms with Crippen LogP contribution in [0.25, 0.3) is 11.1 Å². The van der Waals surface area contributed by atoms with Crippen molar-refractivity contribution < 1.29 is 5.11 Å². The Labute approximate surface area is 211 Å². The third-order valence-corrected chi connectivity index (χ3v) is 7.65. The van der Waals surface area contributed by atoms with E-state index in [1.807, 2.05) is 0 Å². The number of hydrogen-bond donors (Lipinski definition) is 1. The van der Waals surface area contributed by atoms with Crippen LogP contribution in [-0.4, -0.2) is 59.8 Å². The minimum atomic E-state index is 0.0449. The van der Waals surface area contributed by atoms with Crippen LogP contribution in [0.4, 0.5) is 0 Å². The summed E-state index contributed by atoms with van der Waals surface area (Å²) in [6.45, 7) is 7.02. The number of piperazine rings is 1. The molecule has 0 aromatic heterocycles. The quantitative estimate of drug-likeness (QED) is 0.320. The van der Waals surface area contributed by atoms with Gasteiger partial charge in [-0.05, 0) is 54.9 Å². The molecule has 35 heavy (non-hydrogen) atoms. The highest BCUT2D eigenvalue weighted by Gasteiger charge is 2.32. The molecule has 0 spiro atoms. The predicted octanol–water partition coefficient (Wildman–Crippen LogP) is 5.41. The first-order valence-corrected chi connectivity index (χ1v) is 13.3. The van der Waals surface area contributed by atoms with Crippen LogP contribution in [0.3, 0.4) is 0 Å². The Morgan fingerprint density at radius 1 is 0.914 bits per heavy atom. The summed E-state index contributed by atoms with van der Waals surface area (Å²) in [5.74, 6) is 7.25. The second kappa shape index (κ2) is 11.4. The Morgan fingerprint density at radius 3 is 2.37 bits per heavy atom. The van der Waals surface area contributed by atoms with Crippen LogP contribution in [0.5, 0.6) is 0 Å². The summed E-state index contributed by atoms with van der Waals surface area (Å²) in [6.07, 6.45) is 10.0. The van der Waals surface area contributed by atoms with E-state index in [9.17, 15) is 5.11 Å². The third-order valence-electron chi connectivity index (χ3n) is 7.65. The first-order valence-electron chi connectivity index (χ1n) is 13.3. The monoisotopic (exact) mass is 466 g/mol. The standard InChI is InChI=1S/C32H38N2O/c1-25-8-5-12-28(24-25)32(31(14-7-23-35)26-9-3-2-4-10-26)27-11-6-13-29(16-15-27)33-19-21-34(22-20-33)30-17-18-30/h2-5,8-10,12,15-16,24,27,29-30,35H,7,13-14,17-23H2,1H3/b32-31+. The number of allylic oxidation sites excluding steroid dienone is 3. The summed E-state index contributed by atoms with van der Waals surface area (Å²) in [5.41, 5.74) is 6.31. The van der Waals surface area contributed by atoms with E-state index in [0.29, 0.717) is 6.04 Å². The zero-order chi connectivity index (χ0) is 24.0. The van der Waals surface area contributed by atoms with Crippen LogP contribution >= 0.6 is 0 Å². The van der Waals surface area contributed by atoms with Crippen LogP contribution < -0.4 is 0 Å². The number of rotatable bonds is 8. The molecule has 0 amide bonds. The normalized spacial score (nSPS) is 23.8. The molecular weight excluding hydrogens is 428 g/mol. The largest absolute Gasteiger partial charge is 0.396 e. The van der Waals surface area contributed by atoms with Crippen LogP contribution in [0.15, 0.2) is 66.7 Å². The van der Waals surface area contributed by atoms with Gasteiger partial charge in [0.15, 0.2) is 0 Å². The average Bonchev–Trinajstić information content (AvgIpc) is 3.75. The van der Waals surface area contributed by atoms with Gasteiger partial charge >= 0.3 is 0 Å². The van der Waals surface area contributed by atoms with Gasteiger partial charge in [-0.3, -0.25) is 9.80 Å². The highest BCUT2D eigenvalue weighted by atomic mass is 16.2. The number of aliphatic hydroxyl groups excluding tert-OH is 1. The minimum absolute atomic E-state index is 0.0449. The Morgan fingerprint density at radius 2 is 1.66 bits per heavy atom. The summed E-state index contributed by atoms with van der Waals surface area (Å²) in [6, 6.07) is 20.7. The summed E-state index contributed by atoms with van der Waals surface area (Å²) >= 11 is 0. The average molecular weight is 467 g/mol. The van der Waals surface area contributed by atoms with Gasteiger partial charge in [-0.15, -0.1) is 5.92 Å². The fraction of sp³-hybridized carbons (Fsp3) is 0.438. The molecule has 1 heterocycles. The Hall–Kier alpha value is -2.64. The molecule has 0 radical (unpaired) electrons. The molecule has 3 aliphatic rings. The number of aryl methyl sites for hydroxylation is 1. The Bertz CT molecular complexity index is 1110. The third kappa shape index (κ3) is 5.96. The van der Waals surface area contributed by atoms with Crippen molar-refractivity contribution in [2.45, 2.75) is 51.1 Å². The van der Waals surface area contributed by atoms with Crippen molar-refractivity contribution in [1.82, 2.24) is 9.80 Å². The number of aliphatic hydroxyl groups is 1. The second-order valence-electron chi connectivity index (χ2n) is 10.2. The van der Waals surface area contributed by atoms with Gasteiger partial charge < -0.3 is 5.11 Å². The van der Waals surface area contributed by atoms with Crippen LogP contribution in [-0.2, 0) is 0 Å². The molecule has 3 nitrogen and oxygen atoms in total. The van der Waals surface area contributed by atoms with Crippen molar-refractivity contribution in [2.24, 2.45) is 5.92 Å². The lowest BCUT2D eigenvalue weighted by Gasteiger charge is -2.38. The van der Waals surface area contributed by atoms with Crippen molar-refractivity contribution in [3.63, 3.8) is 0 Å². The molecule has 2 aromatic carbocycles. The topological polar surface area (TPSA) is 26.7 Å². The molecule has 182 valence electrons. The molecule has 0 bridgehead atoms. The number of benzene rings is 2. The summed E-state index contributed by atoms with van der Waals surface area (Å²) in [5, 5.41) is 9.68. The van der Waals surface area contributed by atoms with Gasteiger partial charge in [0.25, 0.3) is 0 Å². The fourth-order valence-electron chi connectivity index (χ4n) is 5.61. The zero-order valence-electron chi connectivity index (χ0n) is 21.0. The summed E-state index contributed by atoms with van der Waals surface area (Å²) < 4.78 is 0. The van der Waals surface area contributed by atoms with Gasteiger partial charge in [-0.1, -0.05) is 78.2 Å². The molecule has 1 aliphatic heterocycles. The van der Waals surface area contributed by atoms with Crippen molar-refractivity contribution in [1.29, 1.82) is 0 Å². The molecule has 2 fully saturated rings. The van der Waals surface area contributed by atoms with Crippen molar-refractivity contribution in [2.75, 3.05) is 32.8 Å². The molecule has 2 unspecified atom stereocenters. The lowest BCUT2D eigenvalue weighted by atomic mass is 9.83. The number of hydrogen-bond acceptors (Lipinski definition) is 3. The molecule has 5 rings (SSSR count). The molecule has 2 aliphatic carbocycles. The van der Waals surface area contributed by atoms with E-state index >= 15 is 0 Å². The first kappa shape index (κ1) is 24.1. The maximum Gasteiger partial charge on any atom is 0.0642 e. The van der Waals surface area contributed by atoms with Crippen LogP contribution in [0, 0.1) is 24.7 Å². The highest BCUT2D eigenvalue weighted by molar-refractivity contribution is 5.93. The SMILES string of the molecule is Cc1cccc(/C(=C(\CCCO)c2ccccc2)C2C#CCC(N3CCN(C4CC4)CC3)C=C2)c1. The van der Waals surface area contributed by atoms with Crippen molar-refractivity contribution in [3.05, 3.63) is 83.4 Å². The molecule has 2 aromatic rings. The van der Waals surface area contributed by atoms with Gasteiger partial charge in [0.2, 0.25) is 0 Å². The van der Waals surface area contributed by atoms with E-state index in [1.54, 1.807) is 0 Å². The highest BCUT2D eigenvalue weighted by Crippen LogP contribution is 2.37. The Balaban J connectivity index is 1.47. The van der Waals surface area contributed by atoms with Crippen molar-refractivity contribution >= 4 is 11.1 Å². The summed E-state index contributed by atoms with van der Waals surface area (Å²) in [4.78, 5) is 5.31. The van der Waals surface area contributed by atoms with E-state index in [4.69, 9.17) is 0 Å². The number of nitrogens with zero attached hydrogens (tertiary/aromatic N) is 2. The van der Waals surface area contributed by atoms with E-state index < -0.39 is 0 Å². The summed E-state index contributed by atoms with van der Waals surface area (Å²) in [7, 11) is 0. The van der Waals surface area contributed by atoms with Gasteiger partial charge in [0.05, 0.1) is 5.92 Å². The predicted molar refractivity (Wildman–Crippen MR) is 146 cm³/mol. The van der Waals surface area contributed by atoms with Crippen LogP contribution in [0.2, 0.25) is 0 Å². The molecule has 3 heteroatoms. The van der Waals surface area contributed by atoms with E-state index in [1.165, 1.54) is 53.8 Å². The van der Waals surface area contributed by atoms with E-state index in [2.05, 4.69) is 95.3 Å². The first-order chi connectivity index (χ1) is 17.2. The van der Waals surface area contributed by atoms with Gasteiger partial charge in [-0.2, -0.15) is 0 Å². The van der Waals surface area contributed by atoms with E-state index in [-0.39, 0.29) is 12.5 Å². The van der Waals surface area contributed by atoms with Crippen molar-refractivity contribution in [3.8, 4) is 11.8 Å². The molecule has 2 atom stereocenters. The van der Waals surface area contributed by atoms with Crippen LogP contribution in [0.1, 0.15) is 48.8 Å². The van der Waals surface area contributed by atoms with Gasteiger partial charge in [0.1, 0.15) is 0 Å². The zero-order valence-corrected chi connectivity index (χ0v) is 21.0. The lowest BCUT2D eigenvalue weighted by Crippen LogP contribution is -2.50. The maximum atomic E-state index is 9.68. The smallest absolute Gasteiger partial charge is 0.0642 e. The lowest BCUT2D eigenvalue weighted by molar-refractivity contribution is 0.108. The molecule has 1 saturated carbocycles. The fourth-order valence-corrected chi connectivity index (χ4v) is 5.61. The molecule has 1 N–H and O–H groups in total. The van der Waals surface area contributed by atoms with Gasteiger partial charge in [0, 0.05) is 51.3 Å². The van der Waals surface area contributed by atoms with Gasteiger partial charge in [-0.25, -0.2) is 0 Å². The van der Waals surface area contributed by atoms with E-state index in [0.717, 1.165) is 38.4 Å².